The summed E-state index contributed by atoms with van der Waals surface area (Å²) in [7, 11) is 0. The summed E-state index contributed by atoms with van der Waals surface area (Å²) in [6, 6.07) is 6.38. The molecule has 4 nitrogen and oxygen atoms in total. The van der Waals surface area contributed by atoms with E-state index in [1.54, 1.807) is 0 Å². The topological polar surface area (TPSA) is 42.7 Å². The van der Waals surface area contributed by atoms with Crippen LogP contribution in [0, 0.1) is 0 Å². The molecule has 1 N–H and O–H groups in total. The lowest BCUT2D eigenvalue weighted by Gasteiger charge is -2.25. The number of fused-ring (bicyclic) bond motifs is 1. The van der Waals surface area contributed by atoms with E-state index in [-0.39, 0.29) is 0 Å². The van der Waals surface area contributed by atoms with Crippen LogP contribution in [0.5, 0.6) is 0 Å². The summed E-state index contributed by atoms with van der Waals surface area (Å²) in [4.78, 5) is 8.56. The van der Waals surface area contributed by atoms with Crippen LogP contribution in [0.2, 0.25) is 0 Å². The van der Waals surface area contributed by atoms with Crippen molar-refractivity contribution in [1.29, 1.82) is 0 Å². The highest BCUT2D eigenvalue weighted by Crippen LogP contribution is 2.19. The fourth-order valence-electron chi connectivity index (χ4n) is 2.18. The molecule has 0 saturated carbocycles. The zero-order chi connectivity index (χ0) is 10.8. The average molecular weight is 214 g/mol. The van der Waals surface area contributed by atoms with Gasteiger partial charge in [-0.2, -0.15) is 0 Å². The highest BCUT2D eigenvalue weighted by Gasteiger charge is 2.20. The largest absolute Gasteiger partial charge is 0.332 e. The Balaban J connectivity index is 1.83. The average Bonchev–Trinajstić information content (AvgIpc) is 2.80. The molecule has 1 unspecified atom stereocenters. The van der Waals surface area contributed by atoms with Crippen molar-refractivity contribution in [3.8, 4) is 0 Å². The molecule has 3 rings (SSSR count). The first-order valence-corrected chi connectivity index (χ1v) is 5.57. The van der Waals surface area contributed by atoms with Crippen molar-refractivity contribution < 1.29 is 0 Å². The van der Waals surface area contributed by atoms with Crippen LogP contribution in [0.3, 0.4) is 0 Å². The summed E-state index contributed by atoms with van der Waals surface area (Å²) in [5, 5.41) is 3.51. The normalized spacial score (nSPS) is 19.4. The van der Waals surface area contributed by atoms with Gasteiger partial charge in [0.05, 0.1) is 18.1 Å². The van der Waals surface area contributed by atoms with Crippen LogP contribution < -0.4 is 5.32 Å². The second-order valence-corrected chi connectivity index (χ2v) is 4.04. The highest BCUT2D eigenvalue weighted by molar-refractivity contribution is 5.13. The van der Waals surface area contributed by atoms with E-state index in [2.05, 4.69) is 25.9 Å². The number of hydrogen-bond donors (Lipinski definition) is 1. The second kappa shape index (κ2) is 4.06. The number of rotatable bonds is 2. The van der Waals surface area contributed by atoms with Crippen molar-refractivity contribution in [2.45, 2.75) is 19.0 Å². The molecular formula is C12H14N4. The zero-order valence-corrected chi connectivity index (χ0v) is 9.00. The first-order chi connectivity index (χ1) is 7.93. The van der Waals surface area contributed by atoms with Crippen molar-refractivity contribution in [2.24, 2.45) is 0 Å². The van der Waals surface area contributed by atoms with Crippen molar-refractivity contribution in [3.63, 3.8) is 0 Å². The lowest BCUT2D eigenvalue weighted by Crippen LogP contribution is -2.34. The number of hydrogen-bond acceptors (Lipinski definition) is 3. The number of imidazole rings is 1. The van der Waals surface area contributed by atoms with E-state index in [1.165, 1.54) is 5.69 Å². The Bertz CT molecular complexity index is 463. The number of nitrogens with zero attached hydrogens (tertiary/aromatic N) is 3. The fraction of sp³-hybridized carbons (Fsp3) is 0.333. The molecule has 1 atom stereocenters. The Morgan fingerprint density at radius 2 is 2.44 bits per heavy atom. The highest BCUT2D eigenvalue weighted by atomic mass is 15.1. The van der Waals surface area contributed by atoms with E-state index in [0.717, 1.165) is 25.2 Å². The Hall–Kier alpha value is -1.68. The molecule has 1 aliphatic heterocycles. The van der Waals surface area contributed by atoms with Gasteiger partial charge in [0.2, 0.25) is 0 Å². The lowest BCUT2D eigenvalue weighted by molar-refractivity contribution is 0.421. The molecule has 82 valence electrons. The van der Waals surface area contributed by atoms with Crippen molar-refractivity contribution in [1.82, 2.24) is 19.9 Å². The fourth-order valence-corrected chi connectivity index (χ4v) is 2.18. The molecule has 0 aromatic carbocycles. The van der Waals surface area contributed by atoms with E-state index >= 15 is 0 Å². The minimum atomic E-state index is 0.339. The Morgan fingerprint density at radius 1 is 1.44 bits per heavy atom. The quantitative estimate of drug-likeness (QED) is 0.816. The molecule has 2 aromatic heterocycles. The molecule has 3 heterocycles. The summed E-state index contributed by atoms with van der Waals surface area (Å²) in [5.41, 5.74) is 2.38. The van der Waals surface area contributed by atoms with E-state index in [4.69, 9.17) is 0 Å². The van der Waals surface area contributed by atoms with Gasteiger partial charge in [-0.25, -0.2) is 4.98 Å². The summed E-state index contributed by atoms with van der Waals surface area (Å²) < 4.78 is 2.21. The van der Waals surface area contributed by atoms with Crippen LogP contribution in [-0.2, 0) is 13.0 Å². The first kappa shape index (κ1) is 9.54. The monoisotopic (exact) mass is 214 g/mol. The minimum Gasteiger partial charge on any atom is -0.332 e. The van der Waals surface area contributed by atoms with Gasteiger partial charge in [-0.3, -0.25) is 4.98 Å². The summed E-state index contributed by atoms with van der Waals surface area (Å²) in [5.74, 6) is 0. The molecule has 4 heteroatoms. The van der Waals surface area contributed by atoms with Gasteiger partial charge in [0.15, 0.2) is 0 Å². The molecular weight excluding hydrogens is 200 g/mol. The number of aromatic nitrogens is 3. The Morgan fingerprint density at radius 3 is 3.31 bits per heavy atom. The third-order valence-corrected chi connectivity index (χ3v) is 2.98. The third-order valence-electron chi connectivity index (χ3n) is 2.98. The van der Waals surface area contributed by atoms with Crippen LogP contribution in [0.1, 0.15) is 17.4 Å². The second-order valence-electron chi connectivity index (χ2n) is 4.04. The van der Waals surface area contributed by atoms with Gasteiger partial charge in [0.1, 0.15) is 0 Å². The predicted molar refractivity (Wildman–Crippen MR) is 60.9 cm³/mol. The summed E-state index contributed by atoms with van der Waals surface area (Å²) in [6.07, 6.45) is 6.61. The number of pyridine rings is 1. The van der Waals surface area contributed by atoms with Crippen molar-refractivity contribution in [2.75, 3.05) is 6.54 Å². The van der Waals surface area contributed by atoms with E-state index in [9.17, 15) is 0 Å². The third kappa shape index (κ3) is 1.72. The van der Waals surface area contributed by atoms with Crippen LogP contribution in [0.4, 0.5) is 0 Å². The molecule has 0 aliphatic carbocycles. The van der Waals surface area contributed by atoms with Crippen LogP contribution in [0.25, 0.3) is 0 Å². The van der Waals surface area contributed by atoms with E-state index in [1.807, 2.05) is 30.9 Å². The summed E-state index contributed by atoms with van der Waals surface area (Å²) >= 11 is 0. The van der Waals surface area contributed by atoms with E-state index in [0.29, 0.717) is 6.04 Å². The molecule has 0 fully saturated rings. The molecule has 0 saturated heterocycles. The molecule has 0 amide bonds. The van der Waals surface area contributed by atoms with Gasteiger partial charge in [0.25, 0.3) is 0 Å². The van der Waals surface area contributed by atoms with Gasteiger partial charge in [-0.15, -0.1) is 0 Å². The Kier molecular flexibility index (Phi) is 2.42. The maximum Gasteiger partial charge on any atom is 0.0949 e. The molecule has 2 aromatic rings. The summed E-state index contributed by atoms with van der Waals surface area (Å²) in [6.45, 7) is 2.01. The van der Waals surface area contributed by atoms with Crippen molar-refractivity contribution in [3.05, 3.63) is 48.3 Å². The maximum absolute atomic E-state index is 4.36. The zero-order valence-electron chi connectivity index (χ0n) is 9.00. The molecule has 0 radical (unpaired) electrons. The molecule has 1 aliphatic rings. The van der Waals surface area contributed by atoms with Gasteiger partial charge in [0, 0.05) is 37.6 Å². The van der Waals surface area contributed by atoms with Crippen LogP contribution >= 0.6 is 0 Å². The van der Waals surface area contributed by atoms with Gasteiger partial charge in [-0.05, 0) is 12.1 Å². The Labute approximate surface area is 94.4 Å². The SMILES string of the molecule is c1ccc(CC2NCCn3cncc32)nc1. The molecule has 0 bridgehead atoms. The van der Waals surface area contributed by atoms with E-state index < -0.39 is 0 Å². The van der Waals surface area contributed by atoms with Gasteiger partial charge < -0.3 is 9.88 Å². The van der Waals surface area contributed by atoms with Gasteiger partial charge in [-0.1, -0.05) is 6.07 Å². The van der Waals surface area contributed by atoms with Crippen LogP contribution in [0.15, 0.2) is 36.9 Å². The standard InChI is InChI=1S/C12H14N4/c1-2-4-14-10(3-1)7-11-12-8-13-9-16(12)6-5-15-11/h1-4,8-9,11,15H,5-7H2. The molecule has 16 heavy (non-hydrogen) atoms. The molecule has 0 spiro atoms. The predicted octanol–water partition coefficient (Wildman–Crippen LogP) is 1.17. The van der Waals surface area contributed by atoms with Gasteiger partial charge >= 0.3 is 0 Å². The lowest BCUT2D eigenvalue weighted by atomic mass is 10.1. The smallest absolute Gasteiger partial charge is 0.0949 e. The maximum atomic E-state index is 4.36. The minimum absolute atomic E-state index is 0.339. The van der Waals surface area contributed by atoms with Crippen LogP contribution in [-0.4, -0.2) is 21.1 Å². The first-order valence-electron chi connectivity index (χ1n) is 5.57. The number of nitrogens with one attached hydrogen (secondary N) is 1. The van der Waals surface area contributed by atoms with Crippen molar-refractivity contribution >= 4 is 0 Å².